The number of ketones is 1. The number of aromatic nitrogens is 2. The van der Waals surface area contributed by atoms with E-state index in [1.807, 2.05) is 0 Å². The van der Waals surface area contributed by atoms with Crippen molar-refractivity contribution in [1.82, 2.24) is 10.1 Å². The van der Waals surface area contributed by atoms with Gasteiger partial charge in [0.05, 0.1) is 6.42 Å². The van der Waals surface area contributed by atoms with Gasteiger partial charge < -0.3 is 4.52 Å². The molecule has 6 heteroatoms. The van der Waals surface area contributed by atoms with Crippen molar-refractivity contribution >= 4 is 17.4 Å². The lowest BCUT2D eigenvalue weighted by Crippen LogP contribution is -2.00. The minimum Gasteiger partial charge on any atom is -0.339 e. The minimum atomic E-state index is -0.393. The number of carbonyl (C=O) groups is 1. The van der Waals surface area contributed by atoms with Crippen molar-refractivity contribution in [3.63, 3.8) is 0 Å². The van der Waals surface area contributed by atoms with E-state index in [0.717, 1.165) is 0 Å². The van der Waals surface area contributed by atoms with Crippen LogP contribution in [0.1, 0.15) is 30.6 Å². The summed E-state index contributed by atoms with van der Waals surface area (Å²) in [4.78, 5) is 15.4. The van der Waals surface area contributed by atoms with Crippen molar-refractivity contribution in [3.8, 4) is 0 Å². The number of nitrogens with zero attached hydrogens (tertiary/aromatic N) is 2. The molecule has 0 unspecified atom stereocenters. The highest BCUT2D eigenvalue weighted by Crippen LogP contribution is 2.19. The largest absolute Gasteiger partial charge is 0.339 e. The second-order valence-electron chi connectivity index (χ2n) is 4.09. The average Bonchev–Trinajstić information content (AvgIpc) is 2.80. The number of rotatable bonds is 5. The van der Waals surface area contributed by atoms with Crippen LogP contribution in [-0.2, 0) is 17.6 Å². The molecule has 0 aliphatic heterocycles. The Morgan fingerprint density at radius 1 is 1.47 bits per heavy atom. The molecule has 1 aromatic heterocycles. The van der Waals surface area contributed by atoms with E-state index < -0.39 is 5.82 Å². The van der Waals surface area contributed by atoms with Crippen LogP contribution >= 0.6 is 11.6 Å². The summed E-state index contributed by atoms with van der Waals surface area (Å²) in [5.74, 6) is 0.360. The first-order valence-electron chi connectivity index (χ1n) is 5.85. The Balaban J connectivity index is 2.09. The molecule has 4 nitrogen and oxygen atoms in total. The highest BCUT2D eigenvalue weighted by Gasteiger charge is 2.12. The second kappa shape index (κ2) is 5.93. The summed E-state index contributed by atoms with van der Waals surface area (Å²) in [6.07, 6.45) is 0.908. The van der Waals surface area contributed by atoms with Gasteiger partial charge in [0.15, 0.2) is 5.82 Å². The first-order chi connectivity index (χ1) is 9.08. The zero-order valence-corrected chi connectivity index (χ0v) is 11.1. The molecule has 1 heterocycles. The average molecular weight is 283 g/mol. The zero-order valence-electron chi connectivity index (χ0n) is 10.3. The number of carbonyl (C=O) groups excluding carboxylic acids is 1. The Kier molecular flexibility index (Phi) is 4.27. The third-order valence-electron chi connectivity index (χ3n) is 2.62. The van der Waals surface area contributed by atoms with Gasteiger partial charge in [-0.15, -0.1) is 0 Å². The summed E-state index contributed by atoms with van der Waals surface area (Å²) in [5.41, 5.74) is 0.706. The van der Waals surface area contributed by atoms with Gasteiger partial charge in [-0.25, -0.2) is 4.39 Å². The van der Waals surface area contributed by atoms with Crippen LogP contribution in [0.4, 0.5) is 4.39 Å². The SMILES string of the molecule is CCC(=O)Cc1nc(Cc2ccc(F)cc2Cl)no1. The third kappa shape index (κ3) is 3.61. The second-order valence-corrected chi connectivity index (χ2v) is 4.49. The Bertz CT molecular complexity index is 598. The summed E-state index contributed by atoms with van der Waals surface area (Å²) in [6.45, 7) is 1.78. The number of hydrogen-bond donors (Lipinski definition) is 0. The van der Waals surface area contributed by atoms with E-state index in [9.17, 15) is 9.18 Å². The van der Waals surface area contributed by atoms with Gasteiger partial charge in [0.2, 0.25) is 5.89 Å². The van der Waals surface area contributed by atoms with Crippen LogP contribution in [0.3, 0.4) is 0 Å². The third-order valence-corrected chi connectivity index (χ3v) is 2.97. The number of halogens is 2. The smallest absolute Gasteiger partial charge is 0.234 e. The fraction of sp³-hybridized carbons (Fsp3) is 0.308. The summed E-state index contributed by atoms with van der Waals surface area (Å²) >= 11 is 5.91. The lowest BCUT2D eigenvalue weighted by atomic mass is 10.1. The summed E-state index contributed by atoms with van der Waals surface area (Å²) in [7, 11) is 0. The van der Waals surface area contributed by atoms with Gasteiger partial charge in [0.25, 0.3) is 0 Å². The minimum absolute atomic E-state index is 0.0371. The highest BCUT2D eigenvalue weighted by molar-refractivity contribution is 6.31. The van der Waals surface area contributed by atoms with E-state index in [1.54, 1.807) is 13.0 Å². The van der Waals surface area contributed by atoms with E-state index in [2.05, 4.69) is 10.1 Å². The van der Waals surface area contributed by atoms with Crippen LogP contribution in [0.2, 0.25) is 5.02 Å². The predicted molar refractivity (Wildman–Crippen MR) is 67.5 cm³/mol. The van der Waals surface area contributed by atoms with Gasteiger partial charge in [-0.2, -0.15) is 4.98 Å². The van der Waals surface area contributed by atoms with E-state index >= 15 is 0 Å². The maximum absolute atomic E-state index is 12.9. The molecular weight excluding hydrogens is 271 g/mol. The van der Waals surface area contributed by atoms with Crippen molar-refractivity contribution in [2.75, 3.05) is 0 Å². The Labute approximate surface area is 114 Å². The molecule has 1 aromatic carbocycles. The normalized spacial score (nSPS) is 10.7. The fourth-order valence-electron chi connectivity index (χ4n) is 1.56. The molecule has 0 aliphatic carbocycles. The standard InChI is InChI=1S/C13H12ClFN2O2/c1-2-10(18)7-13-16-12(17-19-13)5-8-3-4-9(15)6-11(8)14/h3-4,6H,2,5,7H2,1H3. The number of Topliss-reactive ketones (excluding diaryl/α,β-unsaturated/α-hetero) is 1. The van der Waals surface area contributed by atoms with Crippen LogP contribution in [0.15, 0.2) is 22.7 Å². The molecule has 100 valence electrons. The molecule has 0 aliphatic rings. The molecule has 0 radical (unpaired) electrons. The van der Waals surface area contributed by atoms with Crippen LogP contribution in [0.25, 0.3) is 0 Å². The topological polar surface area (TPSA) is 56.0 Å². The first kappa shape index (κ1) is 13.7. The van der Waals surface area contributed by atoms with Crippen molar-refractivity contribution in [2.45, 2.75) is 26.2 Å². The van der Waals surface area contributed by atoms with E-state index in [1.165, 1.54) is 12.1 Å². The molecule has 2 rings (SSSR count). The van der Waals surface area contributed by atoms with Crippen molar-refractivity contribution in [3.05, 3.63) is 46.3 Å². The predicted octanol–water partition coefficient (Wildman–Crippen LogP) is 2.97. The van der Waals surface area contributed by atoms with Crippen LogP contribution in [0, 0.1) is 5.82 Å². The molecule has 0 fully saturated rings. The van der Waals surface area contributed by atoms with Crippen LogP contribution in [0.5, 0.6) is 0 Å². The monoisotopic (exact) mass is 282 g/mol. The van der Waals surface area contributed by atoms with E-state index in [0.29, 0.717) is 35.1 Å². The van der Waals surface area contributed by atoms with Gasteiger partial charge >= 0.3 is 0 Å². The summed E-state index contributed by atoms with van der Waals surface area (Å²) < 4.78 is 17.9. The summed E-state index contributed by atoms with van der Waals surface area (Å²) in [6, 6.07) is 4.13. The van der Waals surface area contributed by atoms with Gasteiger partial charge in [0, 0.05) is 17.9 Å². The molecule has 19 heavy (non-hydrogen) atoms. The number of benzene rings is 1. The fourth-order valence-corrected chi connectivity index (χ4v) is 1.80. The Morgan fingerprint density at radius 3 is 2.95 bits per heavy atom. The molecule has 0 amide bonds. The van der Waals surface area contributed by atoms with Crippen molar-refractivity contribution in [1.29, 1.82) is 0 Å². The molecule has 0 saturated heterocycles. The molecule has 0 N–H and O–H groups in total. The maximum Gasteiger partial charge on any atom is 0.234 e. The molecule has 0 bridgehead atoms. The molecule has 0 saturated carbocycles. The van der Waals surface area contributed by atoms with Crippen LogP contribution < -0.4 is 0 Å². The summed E-state index contributed by atoms with van der Waals surface area (Å²) in [5, 5.41) is 4.09. The molecule has 0 spiro atoms. The molecule has 2 aromatic rings. The molecular formula is C13H12ClFN2O2. The quantitative estimate of drug-likeness (QED) is 0.846. The lowest BCUT2D eigenvalue weighted by molar-refractivity contribution is -0.118. The molecule has 0 atom stereocenters. The maximum atomic E-state index is 12.9. The Hall–Kier alpha value is -1.75. The van der Waals surface area contributed by atoms with E-state index in [-0.39, 0.29) is 12.2 Å². The number of hydrogen-bond acceptors (Lipinski definition) is 4. The van der Waals surface area contributed by atoms with Crippen molar-refractivity contribution < 1.29 is 13.7 Å². The van der Waals surface area contributed by atoms with Gasteiger partial charge in [-0.3, -0.25) is 4.79 Å². The van der Waals surface area contributed by atoms with Crippen LogP contribution in [-0.4, -0.2) is 15.9 Å². The highest BCUT2D eigenvalue weighted by atomic mass is 35.5. The van der Waals surface area contributed by atoms with Gasteiger partial charge in [0.1, 0.15) is 11.6 Å². The zero-order chi connectivity index (χ0) is 13.8. The lowest BCUT2D eigenvalue weighted by Gasteiger charge is -2.00. The van der Waals surface area contributed by atoms with Gasteiger partial charge in [-0.1, -0.05) is 29.7 Å². The van der Waals surface area contributed by atoms with Crippen molar-refractivity contribution in [2.24, 2.45) is 0 Å². The van der Waals surface area contributed by atoms with E-state index in [4.69, 9.17) is 16.1 Å². The first-order valence-corrected chi connectivity index (χ1v) is 6.23. The van der Waals surface area contributed by atoms with Gasteiger partial charge in [-0.05, 0) is 17.7 Å². The Morgan fingerprint density at radius 2 is 2.26 bits per heavy atom.